The van der Waals surface area contributed by atoms with Crippen LogP contribution in [-0.4, -0.2) is 66.7 Å². The molecule has 258 valence electrons. The number of fused-ring (bicyclic) bond motifs is 7. The summed E-state index contributed by atoms with van der Waals surface area (Å²) in [6.45, 7) is 16.7. The fraction of sp³-hybridized carbons (Fsp3) is 0.707. The predicted octanol–water partition coefficient (Wildman–Crippen LogP) is 7.48. The molecule has 0 aliphatic heterocycles. The molecule has 0 bridgehead atoms. The standard InChI is InChI=1S/C41H60N2O4/c1-25(2)35-31(44)23-41(34(45)24-42-21-22-43(7)8)20-16-30-28(36(35)41)13-14-33-39(30,5)19-17-32-38(3,4)29(15-18-40(32,33)6)26-9-11-27(12-10-26)37(46)47/h9-12,15,25,28,30,32-34,42,45H,13-14,16-24H2,1-8H3,(H,46,47). The summed E-state index contributed by atoms with van der Waals surface area (Å²) in [5.41, 5.74) is 5.19. The lowest BCUT2D eigenvalue weighted by atomic mass is 9.37. The van der Waals surface area contributed by atoms with Crippen LogP contribution < -0.4 is 5.32 Å². The number of carbonyl (C=O) groups is 2. The number of Topliss-reactive ketones (excluding diaryl/α,β-unsaturated/α-hetero) is 1. The van der Waals surface area contributed by atoms with Gasteiger partial charge in [0.25, 0.3) is 0 Å². The van der Waals surface area contributed by atoms with Crippen LogP contribution in [0.15, 0.2) is 41.5 Å². The topological polar surface area (TPSA) is 89.9 Å². The average Bonchev–Trinajstić information content (AvgIpc) is 3.32. The van der Waals surface area contributed by atoms with Crippen LogP contribution in [0.25, 0.3) is 5.57 Å². The van der Waals surface area contributed by atoms with E-state index in [1.54, 1.807) is 12.1 Å². The Hall–Kier alpha value is -2.28. The molecule has 3 N–H and O–H groups in total. The van der Waals surface area contributed by atoms with Gasteiger partial charge in [-0.15, -0.1) is 0 Å². The summed E-state index contributed by atoms with van der Waals surface area (Å²) >= 11 is 0. The lowest BCUT2D eigenvalue weighted by molar-refractivity contribution is -0.159. The molecule has 0 heterocycles. The molecule has 6 rings (SSSR count). The van der Waals surface area contributed by atoms with Crippen molar-refractivity contribution in [3.05, 3.63) is 52.6 Å². The molecule has 6 heteroatoms. The largest absolute Gasteiger partial charge is 0.478 e. The van der Waals surface area contributed by atoms with Gasteiger partial charge >= 0.3 is 5.97 Å². The Morgan fingerprint density at radius 1 is 0.979 bits per heavy atom. The van der Waals surface area contributed by atoms with Crippen molar-refractivity contribution in [3.8, 4) is 0 Å². The first-order valence-corrected chi connectivity index (χ1v) is 18.4. The number of rotatable bonds is 9. The van der Waals surface area contributed by atoms with Gasteiger partial charge in [0.1, 0.15) is 0 Å². The zero-order chi connectivity index (χ0) is 34.1. The Morgan fingerprint density at radius 2 is 1.68 bits per heavy atom. The molecule has 5 aliphatic carbocycles. The second-order valence-electron chi connectivity index (χ2n) is 17.7. The number of allylic oxidation sites excluding steroid dienone is 3. The van der Waals surface area contributed by atoms with Crippen LogP contribution in [0.1, 0.15) is 109 Å². The van der Waals surface area contributed by atoms with Crippen molar-refractivity contribution in [2.45, 2.75) is 99.0 Å². The highest BCUT2D eigenvalue weighted by Crippen LogP contribution is 2.73. The summed E-state index contributed by atoms with van der Waals surface area (Å²) in [7, 11) is 4.14. The molecule has 6 nitrogen and oxygen atoms in total. The minimum atomic E-state index is -0.882. The molecule has 1 aromatic rings. The number of hydrogen-bond acceptors (Lipinski definition) is 5. The summed E-state index contributed by atoms with van der Waals surface area (Å²) in [5.74, 6) is 1.64. The second kappa shape index (κ2) is 12.2. The summed E-state index contributed by atoms with van der Waals surface area (Å²) < 4.78 is 0. The Kier molecular flexibility index (Phi) is 9.01. The first kappa shape index (κ1) is 34.6. The number of likely N-dealkylation sites (N-methyl/N-ethyl adjacent to an activating group) is 1. The van der Waals surface area contributed by atoms with Crippen LogP contribution in [-0.2, 0) is 4.79 Å². The van der Waals surface area contributed by atoms with Gasteiger partial charge in [-0.2, -0.15) is 0 Å². The molecular formula is C41H60N2O4. The zero-order valence-corrected chi connectivity index (χ0v) is 30.3. The summed E-state index contributed by atoms with van der Waals surface area (Å²) in [6.07, 6.45) is 10.1. The number of carboxylic acids is 1. The molecule has 0 saturated heterocycles. The van der Waals surface area contributed by atoms with E-state index < -0.39 is 17.5 Å². The number of aliphatic hydroxyl groups is 1. The molecule has 0 spiro atoms. The number of aromatic carboxylic acids is 1. The van der Waals surface area contributed by atoms with Crippen LogP contribution in [0.4, 0.5) is 0 Å². The predicted molar refractivity (Wildman–Crippen MR) is 189 cm³/mol. The lowest BCUT2D eigenvalue weighted by Crippen LogP contribution is -2.61. The van der Waals surface area contributed by atoms with Crippen molar-refractivity contribution < 1.29 is 19.8 Å². The Balaban J connectivity index is 1.31. The van der Waals surface area contributed by atoms with Gasteiger partial charge in [0.15, 0.2) is 5.78 Å². The molecule has 8 atom stereocenters. The van der Waals surface area contributed by atoms with E-state index in [4.69, 9.17) is 0 Å². The molecule has 8 unspecified atom stereocenters. The van der Waals surface area contributed by atoms with Crippen LogP contribution in [0.5, 0.6) is 0 Å². The third-order valence-corrected chi connectivity index (χ3v) is 14.4. The Morgan fingerprint density at radius 3 is 2.32 bits per heavy atom. The highest BCUT2D eigenvalue weighted by Gasteiger charge is 2.66. The number of nitrogens with one attached hydrogen (secondary N) is 1. The number of carbonyl (C=O) groups excluding carboxylic acids is 1. The molecule has 5 aliphatic rings. The van der Waals surface area contributed by atoms with Gasteiger partial charge in [-0.1, -0.05) is 65.3 Å². The van der Waals surface area contributed by atoms with Gasteiger partial charge in [-0.05, 0) is 134 Å². The first-order chi connectivity index (χ1) is 22.1. The summed E-state index contributed by atoms with van der Waals surface area (Å²) in [4.78, 5) is 27.5. The third kappa shape index (κ3) is 5.40. The Bertz CT molecular complexity index is 1460. The van der Waals surface area contributed by atoms with E-state index in [-0.39, 0.29) is 27.9 Å². The minimum Gasteiger partial charge on any atom is -0.478 e. The van der Waals surface area contributed by atoms with Gasteiger partial charge in [-0.25, -0.2) is 4.79 Å². The number of benzene rings is 1. The van der Waals surface area contributed by atoms with E-state index in [0.717, 1.165) is 49.9 Å². The van der Waals surface area contributed by atoms with Crippen molar-refractivity contribution in [3.63, 3.8) is 0 Å². The van der Waals surface area contributed by atoms with E-state index in [1.165, 1.54) is 30.4 Å². The van der Waals surface area contributed by atoms with E-state index in [2.05, 4.69) is 71.9 Å². The Labute approximate surface area is 283 Å². The maximum absolute atomic E-state index is 13.8. The molecule has 3 saturated carbocycles. The summed E-state index contributed by atoms with van der Waals surface area (Å²) in [6, 6.07) is 7.49. The quantitative estimate of drug-likeness (QED) is 0.242. The number of nitrogens with zero attached hydrogens (tertiary/aromatic N) is 1. The van der Waals surface area contributed by atoms with E-state index in [0.29, 0.717) is 42.2 Å². The molecule has 0 amide bonds. The highest BCUT2D eigenvalue weighted by molar-refractivity contribution is 6.00. The average molecular weight is 645 g/mol. The zero-order valence-electron chi connectivity index (χ0n) is 30.3. The summed E-state index contributed by atoms with van der Waals surface area (Å²) in [5, 5.41) is 24.9. The van der Waals surface area contributed by atoms with Crippen LogP contribution >= 0.6 is 0 Å². The molecule has 47 heavy (non-hydrogen) atoms. The van der Waals surface area contributed by atoms with Gasteiger partial charge in [-0.3, -0.25) is 4.79 Å². The van der Waals surface area contributed by atoms with Crippen LogP contribution in [0, 0.1) is 51.2 Å². The number of hydrogen-bond donors (Lipinski definition) is 3. The fourth-order valence-electron chi connectivity index (χ4n) is 12.4. The fourth-order valence-corrected chi connectivity index (χ4v) is 12.4. The second-order valence-corrected chi connectivity index (χ2v) is 17.7. The van der Waals surface area contributed by atoms with Crippen molar-refractivity contribution in [2.75, 3.05) is 33.7 Å². The first-order valence-electron chi connectivity index (χ1n) is 18.4. The number of carboxylic acid groups (broad SMARTS) is 1. The van der Waals surface area contributed by atoms with E-state index >= 15 is 0 Å². The molecular weight excluding hydrogens is 584 g/mol. The lowest BCUT2D eigenvalue weighted by Gasteiger charge is -2.68. The smallest absolute Gasteiger partial charge is 0.335 e. The van der Waals surface area contributed by atoms with Gasteiger partial charge in [0.2, 0.25) is 0 Å². The maximum Gasteiger partial charge on any atom is 0.335 e. The van der Waals surface area contributed by atoms with Crippen molar-refractivity contribution >= 4 is 17.3 Å². The van der Waals surface area contributed by atoms with Gasteiger partial charge in [0, 0.05) is 31.5 Å². The van der Waals surface area contributed by atoms with E-state index in [9.17, 15) is 19.8 Å². The number of ketones is 1. The van der Waals surface area contributed by atoms with Crippen LogP contribution in [0.3, 0.4) is 0 Å². The van der Waals surface area contributed by atoms with Crippen LogP contribution in [0.2, 0.25) is 0 Å². The third-order valence-electron chi connectivity index (χ3n) is 14.4. The van der Waals surface area contributed by atoms with Gasteiger partial charge in [0.05, 0.1) is 11.7 Å². The highest BCUT2D eigenvalue weighted by atomic mass is 16.4. The SMILES string of the molecule is CC(C)C1=C2C3CCC4C(C)(CCC5C(C)(C)C(c6ccc(C(=O)O)cc6)=CCC54C)C3CCC2(C(O)CNCCN(C)C)CC1=O. The molecule has 0 radical (unpaired) electrons. The molecule has 3 fully saturated rings. The van der Waals surface area contributed by atoms with E-state index in [1.807, 2.05) is 12.1 Å². The van der Waals surface area contributed by atoms with Crippen molar-refractivity contribution in [1.29, 1.82) is 0 Å². The van der Waals surface area contributed by atoms with Crippen molar-refractivity contribution in [1.82, 2.24) is 10.2 Å². The monoisotopic (exact) mass is 644 g/mol. The van der Waals surface area contributed by atoms with Gasteiger partial charge < -0.3 is 20.4 Å². The molecule has 1 aromatic carbocycles. The van der Waals surface area contributed by atoms with Crippen molar-refractivity contribution in [2.24, 2.45) is 51.2 Å². The number of aliphatic hydroxyl groups excluding tert-OH is 1. The molecule has 0 aromatic heterocycles. The minimum absolute atomic E-state index is 0.0213. The normalized spacial score (nSPS) is 36.8. The maximum atomic E-state index is 13.8.